The van der Waals surface area contributed by atoms with Crippen LogP contribution in [0.1, 0.15) is 34.5 Å². The van der Waals surface area contributed by atoms with Crippen LogP contribution in [0, 0.1) is 0 Å². The first-order chi connectivity index (χ1) is 18.7. The number of benzene rings is 2. The van der Waals surface area contributed by atoms with Gasteiger partial charge in [0.15, 0.2) is 5.60 Å². The molecule has 2 aliphatic heterocycles. The van der Waals surface area contributed by atoms with Crippen LogP contribution < -0.4 is 16.0 Å². The van der Waals surface area contributed by atoms with Gasteiger partial charge in [-0.2, -0.15) is 0 Å². The number of hydrogen-bond donors (Lipinski definition) is 4. The summed E-state index contributed by atoms with van der Waals surface area (Å²) in [5, 5.41) is 18.9. The van der Waals surface area contributed by atoms with E-state index in [2.05, 4.69) is 20.9 Å². The fourth-order valence-electron chi connectivity index (χ4n) is 4.92. The van der Waals surface area contributed by atoms with Gasteiger partial charge in [0.1, 0.15) is 6.04 Å². The van der Waals surface area contributed by atoms with Crippen molar-refractivity contribution in [1.29, 1.82) is 0 Å². The van der Waals surface area contributed by atoms with Crippen LogP contribution in [-0.2, 0) is 21.6 Å². The zero-order valence-electron chi connectivity index (χ0n) is 20.5. The molecule has 1 spiro atoms. The molecule has 11 nitrogen and oxygen atoms in total. The third-order valence-electron chi connectivity index (χ3n) is 6.66. The van der Waals surface area contributed by atoms with Gasteiger partial charge in [-0.3, -0.25) is 20.2 Å². The Morgan fingerprint density at radius 1 is 1.23 bits per heavy atom. The number of nitrogens with zero attached hydrogens (tertiary/aromatic N) is 2. The summed E-state index contributed by atoms with van der Waals surface area (Å²) >= 11 is 7.64. The van der Waals surface area contributed by atoms with Crippen molar-refractivity contribution in [2.45, 2.75) is 30.9 Å². The average molecular weight is 570 g/mol. The van der Waals surface area contributed by atoms with Gasteiger partial charge in [0.2, 0.25) is 5.91 Å². The SMILES string of the molecule is O=C(O)Nc1ccc(C(=O)N[C@@H](Cc2cscn2)C(=O)N2CCC[C@@]3(C2)OC(=O)Nc2ccc(Cl)cc23)cc1. The predicted molar refractivity (Wildman–Crippen MR) is 144 cm³/mol. The van der Waals surface area contributed by atoms with E-state index in [1.165, 1.54) is 35.6 Å². The highest BCUT2D eigenvalue weighted by atomic mass is 35.5. The van der Waals surface area contributed by atoms with E-state index in [1.54, 1.807) is 28.6 Å². The lowest BCUT2D eigenvalue weighted by Crippen LogP contribution is -2.57. The van der Waals surface area contributed by atoms with Crippen molar-refractivity contribution in [3.63, 3.8) is 0 Å². The lowest BCUT2D eigenvalue weighted by Gasteiger charge is -2.45. The molecule has 2 aromatic carbocycles. The maximum absolute atomic E-state index is 13.9. The zero-order valence-corrected chi connectivity index (χ0v) is 22.1. The first-order valence-electron chi connectivity index (χ1n) is 12.1. The van der Waals surface area contributed by atoms with Gasteiger partial charge in [-0.15, -0.1) is 11.3 Å². The number of piperidine rings is 1. The molecule has 202 valence electrons. The highest BCUT2D eigenvalue weighted by Gasteiger charge is 2.47. The molecule has 4 amide bonds. The fourth-order valence-corrected chi connectivity index (χ4v) is 5.66. The molecular weight excluding hydrogens is 546 g/mol. The quantitative estimate of drug-likeness (QED) is 0.345. The van der Waals surface area contributed by atoms with Gasteiger partial charge < -0.3 is 20.1 Å². The van der Waals surface area contributed by atoms with E-state index in [0.717, 1.165) is 0 Å². The van der Waals surface area contributed by atoms with E-state index < -0.39 is 29.7 Å². The summed E-state index contributed by atoms with van der Waals surface area (Å²) in [5.41, 5.74) is 3.08. The minimum absolute atomic E-state index is 0.103. The third kappa shape index (κ3) is 5.81. The molecule has 1 saturated heterocycles. The van der Waals surface area contributed by atoms with Crippen molar-refractivity contribution >= 4 is 58.3 Å². The maximum atomic E-state index is 13.9. The first kappa shape index (κ1) is 26.4. The number of carboxylic acid groups (broad SMARTS) is 1. The second-order valence-electron chi connectivity index (χ2n) is 9.28. The largest absolute Gasteiger partial charge is 0.465 e. The molecule has 2 aliphatic rings. The van der Waals surface area contributed by atoms with Crippen molar-refractivity contribution in [1.82, 2.24) is 15.2 Å². The monoisotopic (exact) mass is 569 g/mol. The standard InChI is InChI=1S/C26H24ClN5O6S/c27-16-4-7-20-19(10-16)26(38-25(37)31-20)8-1-9-32(13-26)23(34)21(11-18-12-39-14-28-18)30-22(33)15-2-5-17(6-3-15)29-24(35)36/h2-7,10,12,14,21,29H,1,8-9,11,13H2,(H,30,33)(H,31,37)(H,35,36)/t21-,26-/m0/s1. The van der Waals surface area contributed by atoms with Crippen LogP contribution in [0.15, 0.2) is 53.4 Å². The molecule has 4 N–H and O–H groups in total. The van der Waals surface area contributed by atoms with E-state index >= 15 is 0 Å². The van der Waals surface area contributed by atoms with Crippen LogP contribution in [0.25, 0.3) is 0 Å². The summed E-state index contributed by atoms with van der Waals surface area (Å²) in [6, 6.07) is 10.0. The van der Waals surface area contributed by atoms with Crippen molar-refractivity contribution < 1.29 is 29.0 Å². The zero-order chi connectivity index (χ0) is 27.6. The second-order valence-corrected chi connectivity index (χ2v) is 10.4. The highest BCUT2D eigenvalue weighted by Crippen LogP contribution is 2.43. The lowest BCUT2D eigenvalue weighted by molar-refractivity contribution is -0.141. The summed E-state index contributed by atoms with van der Waals surface area (Å²) < 4.78 is 5.80. The van der Waals surface area contributed by atoms with Gasteiger partial charge in [-0.05, 0) is 55.3 Å². The van der Waals surface area contributed by atoms with Gasteiger partial charge in [-0.25, -0.2) is 14.6 Å². The van der Waals surface area contributed by atoms with E-state index in [0.29, 0.717) is 47.0 Å². The number of carbonyl (C=O) groups excluding carboxylic acids is 3. The number of halogens is 1. The molecule has 13 heteroatoms. The average Bonchev–Trinajstić information content (AvgIpc) is 3.42. The maximum Gasteiger partial charge on any atom is 0.412 e. The number of fused-ring (bicyclic) bond motifs is 2. The highest BCUT2D eigenvalue weighted by molar-refractivity contribution is 7.07. The molecule has 2 atom stereocenters. The van der Waals surface area contributed by atoms with Crippen molar-refractivity contribution in [2.24, 2.45) is 0 Å². The Balaban J connectivity index is 1.38. The normalized spacial score (nSPS) is 18.9. The lowest BCUT2D eigenvalue weighted by atomic mass is 9.83. The number of nitrogens with one attached hydrogen (secondary N) is 3. The Morgan fingerprint density at radius 2 is 2.03 bits per heavy atom. The molecule has 1 fully saturated rings. The van der Waals surface area contributed by atoms with Crippen molar-refractivity contribution in [3.8, 4) is 0 Å². The number of carbonyl (C=O) groups is 4. The van der Waals surface area contributed by atoms with Crippen LogP contribution in [0.3, 0.4) is 0 Å². The Kier molecular flexibility index (Phi) is 7.40. The minimum atomic E-state index is -1.22. The summed E-state index contributed by atoms with van der Waals surface area (Å²) in [6.45, 7) is 0.520. The molecule has 39 heavy (non-hydrogen) atoms. The number of thiazole rings is 1. The summed E-state index contributed by atoms with van der Waals surface area (Å²) in [7, 11) is 0. The van der Waals surface area contributed by atoms with E-state index in [1.807, 2.05) is 5.38 Å². The minimum Gasteiger partial charge on any atom is -0.465 e. The molecule has 0 bridgehead atoms. The summed E-state index contributed by atoms with van der Waals surface area (Å²) in [6.07, 6.45) is -0.574. The predicted octanol–water partition coefficient (Wildman–Crippen LogP) is 4.31. The van der Waals surface area contributed by atoms with Crippen molar-refractivity contribution in [3.05, 3.63) is 75.2 Å². The number of amides is 4. The fraction of sp³-hybridized carbons (Fsp3) is 0.269. The van der Waals surface area contributed by atoms with Crippen LogP contribution in [0.5, 0.6) is 0 Å². The van der Waals surface area contributed by atoms with Gasteiger partial charge in [-0.1, -0.05) is 11.6 Å². The number of likely N-dealkylation sites (tertiary alicyclic amines) is 1. The number of hydrogen-bond acceptors (Lipinski definition) is 7. The second kappa shape index (κ2) is 10.9. The Hall–Kier alpha value is -4.16. The smallest absolute Gasteiger partial charge is 0.412 e. The first-order valence-corrected chi connectivity index (χ1v) is 13.4. The van der Waals surface area contributed by atoms with Gasteiger partial charge >= 0.3 is 12.2 Å². The Labute approximate surface area is 232 Å². The van der Waals surface area contributed by atoms with E-state index in [-0.39, 0.29) is 24.4 Å². The van der Waals surface area contributed by atoms with Crippen LogP contribution in [0.4, 0.5) is 21.0 Å². The van der Waals surface area contributed by atoms with Gasteiger partial charge in [0, 0.05) is 40.2 Å². The molecule has 0 saturated carbocycles. The summed E-state index contributed by atoms with van der Waals surface area (Å²) in [4.78, 5) is 56.1. The molecule has 5 rings (SSSR count). The molecule has 0 aliphatic carbocycles. The van der Waals surface area contributed by atoms with E-state index in [4.69, 9.17) is 21.4 Å². The third-order valence-corrected chi connectivity index (χ3v) is 7.53. The molecule has 3 aromatic rings. The number of rotatable bonds is 6. The molecule has 3 heterocycles. The van der Waals surface area contributed by atoms with E-state index in [9.17, 15) is 19.2 Å². The number of aromatic nitrogens is 1. The Bertz CT molecular complexity index is 1420. The van der Waals surface area contributed by atoms with Crippen molar-refractivity contribution in [2.75, 3.05) is 23.7 Å². The molecular formula is C26H24ClN5O6S. The molecule has 0 unspecified atom stereocenters. The topological polar surface area (TPSA) is 150 Å². The molecule has 0 radical (unpaired) electrons. The molecule has 1 aromatic heterocycles. The van der Waals surface area contributed by atoms with Gasteiger partial charge in [0.05, 0.1) is 23.4 Å². The summed E-state index contributed by atoms with van der Waals surface area (Å²) in [5.74, 6) is -0.833. The van der Waals surface area contributed by atoms with Gasteiger partial charge in [0.25, 0.3) is 5.91 Å². The Morgan fingerprint density at radius 3 is 2.74 bits per heavy atom. The number of anilines is 2. The van der Waals surface area contributed by atoms with Crippen LogP contribution in [0.2, 0.25) is 5.02 Å². The van der Waals surface area contributed by atoms with Crippen LogP contribution >= 0.6 is 22.9 Å². The van der Waals surface area contributed by atoms with Crippen LogP contribution in [-0.4, -0.2) is 58.1 Å². The number of ether oxygens (including phenoxy) is 1.